The number of hydrogen-bond donors (Lipinski definition) is 0. The standard InChI is InChI=1S/C20H21NO3/c1-15(2)24-18-9-7-17(8-10-18)23-12-11-21-13-16(14-22)19-5-3-4-6-20(19)21/h3-10,13-15H,11-12H2,1-2H3. The molecule has 1 aromatic heterocycles. The number of rotatable bonds is 7. The van der Waals surface area contributed by atoms with Crippen LogP contribution in [0, 0.1) is 0 Å². The van der Waals surface area contributed by atoms with E-state index in [1.165, 1.54) is 0 Å². The lowest BCUT2D eigenvalue weighted by Gasteiger charge is -2.11. The van der Waals surface area contributed by atoms with Crippen LogP contribution in [-0.2, 0) is 6.54 Å². The van der Waals surface area contributed by atoms with Crippen LogP contribution in [0.3, 0.4) is 0 Å². The number of ether oxygens (including phenoxy) is 2. The lowest BCUT2D eigenvalue weighted by atomic mass is 10.2. The highest BCUT2D eigenvalue weighted by atomic mass is 16.5. The predicted octanol–water partition coefficient (Wildman–Crippen LogP) is 4.32. The lowest BCUT2D eigenvalue weighted by molar-refractivity contribution is 0.112. The van der Waals surface area contributed by atoms with Gasteiger partial charge in [-0.15, -0.1) is 0 Å². The Labute approximate surface area is 141 Å². The first-order chi connectivity index (χ1) is 11.7. The third-order valence-electron chi connectivity index (χ3n) is 3.74. The van der Waals surface area contributed by atoms with Gasteiger partial charge >= 0.3 is 0 Å². The van der Waals surface area contributed by atoms with Crippen molar-refractivity contribution in [3.05, 3.63) is 60.3 Å². The van der Waals surface area contributed by atoms with E-state index in [1.54, 1.807) is 0 Å². The van der Waals surface area contributed by atoms with E-state index in [4.69, 9.17) is 9.47 Å². The van der Waals surface area contributed by atoms with E-state index in [9.17, 15) is 4.79 Å². The van der Waals surface area contributed by atoms with E-state index < -0.39 is 0 Å². The number of nitrogens with zero attached hydrogens (tertiary/aromatic N) is 1. The minimum Gasteiger partial charge on any atom is -0.492 e. The number of carbonyl (C=O) groups excluding carboxylic acids is 1. The maximum atomic E-state index is 11.2. The molecule has 0 bridgehead atoms. The Kier molecular flexibility index (Phi) is 4.85. The normalized spacial score (nSPS) is 11.0. The van der Waals surface area contributed by atoms with E-state index in [0.29, 0.717) is 18.7 Å². The third kappa shape index (κ3) is 3.59. The summed E-state index contributed by atoms with van der Waals surface area (Å²) >= 11 is 0. The van der Waals surface area contributed by atoms with Crippen molar-refractivity contribution in [2.75, 3.05) is 6.61 Å². The number of aldehydes is 1. The first-order valence-corrected chi connectivity index (χ1v) is 8.10. The average Bonchev–Trinajstić information content (AvgIpc) is 2.94. The number of carbonyl (C=O) groups is 1. The van der Waals surface area contributed by atoms with Crippen LogP contribution in [-0.4, -0.2) is 23.6 Å². The summed E-state index contributed by atoms with van der Waals surface area (Å²) in [4.78, 5) is 11.2. The number of hydrogen-bond acceptors (Lipinski definition) is 3. The fourth-order valence-electron chi connectivity index (χ4n) is 2.70. The summed E-state index contributed by atoms with van der Waals surface area (Å²) in [6.07, 6.45) is 2.93. The van der Waals surface area contributed by atoms with Gasteiger partial charge in [-0.3, -0.25) is 4.79 Å². The topological polar surface area (TPSA) is 40.5 Å². The Bertz CT molecular complexity index is 819. The first kappa shape index (κ1) is 16.1. The third-order valence-corrected chi connectivity index (χ3v) is 3.74. The van der Waals surface area contributed by atoms with Crippen molar-refractivity contribution in [1.29, 1.82) is 0 Å². The summed E-state index contributed by atoms with van der Waals surface area (Å²) in [7, 11) is 0. The lowest BCUT2D eigenvalue weighted by Crippen LogP contribution is -2.07. The Balaban J connectivity index is 1.63. The van der Waals surface area contributed by atoms with Crippen molar-refractivity contribution >= 4 is 17.2 Å². The molecule has 0 atom stereocenters. The molecule has 124 valence electrons. The molecule has 1 heterocycles. The second-order valence-electron chi connectivity index (χ2n) is 5.90. The molecule has 3 aromatic rings. The van der Waals surface area contributed by atoms with E-state index in [2.05, 4.69) is 4.57 Å². The summed E-state index contributed by atoms with van der Waals surface area (Å²) in [6.45, 7) is 5.21. The van der Waals surface area contributed by atoms with Gasteiger partial charge in [0.05, 0.1) is 12.6 Å². The molecule has 0 radical (unpaired) electrons. The van der Waals surface area contributed by atoms with Gasteiger partial charge < -0.3 is 14.0 Å². The molecule has 0 fully saturated rings. The highest BCUT2D eigenvalue weighted by Gasteiger charge is 2.07. The van der Waals surface area contributed by atoms with Gasteiger partial charge in [0, 0.05) is 22.7 Å². The van der Waals surface area contributed by atoms with Gasteiger partial charge in [-0.1, -0.05) is 18.2 Å². The van der Waals surface area contributed by atoms with Crippen molar-refractivity contribution < 1.29 is 14.3 Å². The molecule has 2 aromatic carbocycles. The molecule has 0 N–H and O–H groups in total. The van der Waals surface area contributed by atoms with Gasteiger partial charge in [0.1, 0.15) is 18.1 Å². The molecule has 0 aliphatic heterocycles. The summed E-state index contributed by atoms with van der Waals surface area (Å²) in [5.74, 6) is 1.64. The van der Waals surface area contributed by atoms with E-state index in [0.717, 1.165) is 28.7 Å². The number of aromatic nitrogens is 1. The quantitative estimate of drug-likeness (QED) is 0.608. The summed E-state index contributed by atoms with van der Waals surface area (Å²) in [5, 5.41) is 0.975. The van der Waals surface area contributed by atoms with Crippen LogP contribution in [0.1, 0.15) is 24.2 Å². The molecule has 0 saturated heterocycles. The van der Waals surface area contributed by atoms with Crippen molar-refractivity contribution in [3.63, 3.8) is 0 Å². The Morgan fingerprint density at radius 3 is 2.46 bits per heavy atom. The van der Waals surface area contributed by atoms with Crippen molar-refractivity contribution in [2.24, 2.45) is 0 Å². The molecule has 4 heteroatoms. The molecule has 0 unspecified atom stereocenters. The highest BCUT2D eigenvalue weighted by molar-refractivity contribution is 5.97. The van der Waals surface area contributed by atoms with Gasteiger partial charge in [-0.05, 0) is 44.2 Å². The van der Waals surface area contributed by atoms with E-state index >= 15 is 0 Å². The summed E-state index contributed by atoms with van der Waals surface area (Å²) < 4.78 is 13.5. The van der Waals surface area contributed by atoms with Crippen LogP contribution in [0.25, 0.3) is 10.9 Å². The zero-order chi connectivity index (χ0) is 16.9. The molecule has 24 heavy (non-hydrogen) atoms. The highest BCUT2D eigenvalue weighted by Crippen LogP contribution is 2.21. The first-order valence-electron chi connectivity index (χ1n) is 8.10. The second-order valence-corrected chi connectivity index (χ2v) is 5.90. The fourth-order valence-corrected chi connectivity index (χ4v) is 2.70. The zero-order valence-electron chi connectivity index (χ0n) is 13.9. The maximum Gasteiger partial charge on any atom is 0.152 e. The van der Waals surface area contributed by atoms with Crippen molar-refractivity contribution in [3.8, 4) is 11.5 Å². The number of para-hydroxylation sites is 1. The van der Waals surface area contributed by atoms with Crippen LogP contribution in [0.5, 0.6) is 11.5 Å². The summed E-state index contributed by atoms with van der Waals surface area (Å²) in [5.41, 5.74) is 1.75. The minimum atomic E-state index is 0.158. The molecule has 0 aliphatic rings. The van der Waals surface area contributed by atoms with Crippen molar-refractivity contribution in [2.45, 2.75) is 26.5 Å². The van der Waals surface area contributed by atoms with E-state index in [-0.39, 0.29) is 6.10 Å². The fraction of sp³-hybridized carbons (Fsp3) is 0.250. The molecule has 0 aliphatic carbocycles. The zero-order valence-corrected chi connectivity index (χ0v) is 13.9. The largest absolute Gasteiger partial charge is 0.492 e. The SMILES string of the molecule is CC(C)Oc1ccc(OCCn2cc(C=O)c3ccccc32)cc1. The molecular weight excluding hydrogens is 302 g/mol. The molecule has 0 amide bonds. The van der Waals surface area contributed by atoms with Crippen LogP contribution in [0.15, 0.2) is 54.7 Å². The van der Waals surface area contributed by atoms with Crippen LogP contribution >= 0.6 is 0 Å². The Hall–Kier alpha value is -2.75. The predicted molar refractivity (Wildman–Crippen MR) is 95.0 cm³/mol. The van der Waals surface area contributed by atoms with Crippen LogP contribution in [0.2, 0.25) is 0 Å². The van der Waals surface area contributed by atoms with Gasteiger partial charge in [0.15, 0.2) is 6.29 Å². The second kappa shape index (κ2) is 7.21. The molecular formula is C20H21NO3. The van der Waals surface area contributed by atoms with Crippen LogP contribution < -0.4 is 9.47 Å². The number of fused-ring (bicyclic) bond motifs is 1. The smallest absolute Gasteiger partial charge is 0.152 e. The molecule has 4 nitrogen and oxygen atoms in total. The van der Waals surface area contributed by atoms with Gasteiger partial charge in [0.2, 0.25) is 0 Å². The van der Waals surface area contributed by atoms with Gasteiger partial charge in [-0.2, -0.15) is 0 Å². The summed E-state index contributed by atoms with van der Waals surface area (Å²) in [6, 6.07) is 15.5. The monoisotopic (exact) mass is 323 g/mol. The molecule has 3 rings (SSSR count). The van der Waals surface area contributed by atoms with Crippen LogP contribution in [0.4, 0.5) is 0 Å². The molecule has 0 spiro atoms. The van der Waals surface area contributed by atoms with Gasteiger partial charge in [0.25, 0.3) is 0 Å². The number of benzene rings is 2. The maximum absolute atomic E-state index is 11.2. The Morgan fingerprint density at radius 2 is 1.75 bits per heavy atom. The minimum absolute atomic E-state index is 0.158. The van der Waals surface area contributed by atoms with Gasteiger partial charge in [-0.25, -0.2) is 0 Å². The van der Waals surface area contributed by atoms with Crippen molar-refractivity contribution in [1.82, 2.24) is 4.57 Å². The Morgan fingerprint density at radius 1 is 1.04 bits per heavy atom. The molecule has 0 saturated carbocycles. The average molecular weight is 323 g/mol. The van der Waals surface area contributed by atoms with E-state index in [1.807, 2.05) is 68.6 Å².